The highest BCUT2D eigenvalue weighted by atomic mass is 35.5. The van der Waals surface area contributed by atoms with E-state index in [1.54, 1.807) is 42.5 Å². The fourth-order valence-electron chi connectivity index (χ4n) is 2.85. The molecule has 3 aromatic rings. The van der Waals surface area contributed by atoms with Gasteiger partial charge in [-0.2, -0.15) is 0 Å². The van der Waals surface area contributed by atoms with Crippen LogP contribution in [0.3, 0.4) is 0 Å². The van der Waals surface area contributed by atoms with E-state index in [2.05, 4.69) is 12.2 Å². The monoisotopic (exact) mass is 409 g/mol. The summed E-state index contributed by atoms with van der Waals surface area (Å²) in [7, 11) is 0. The Balaban J connectivity index is 1.75. The molecule has 0 unspecified atom stereocenters. The molecule has 0 aliphatic carbocycles. The number of rotatable bonds is 8. The maximum Gasteiger partial charge on any atom is 0.255 e. The molecular formula is C24H24ClNO3. The topological polar surface area (TPSA) is 47.6 Å². The molecule has 0 saturated carbocycles. The molecule has 150 valence electrons. The fourth-order valence-corrected chi connectivity index (χ4v) is 2.97. The lowest BCUT2D eigenvalue weighted by molar-refractivity contribution is 0.102. The highest BCUT2D eigenvalue weighted by molar-refractivity contribution is 6.30. The van der Waals surface area contributed by atoms with Crippen LogP contribution >= 0.6 is 11.6 Å². The van der Waals surface area contributed by atoms with Crippen molar-refractivity contribution >= 4 is 23.2 Å². The molecule has 0 aliphatic rings. The number of amides is 1. The van der Waals surface area contributed by atoms with E-state index in [-0.39, 0.29) is 12.5 Å². The Morgan fingerprint density at radius 1 is 0.931 bits per heavy atom. The van der Waals surface area contributed by atoms with Crippen molar-refractivity contribution in [3.05, 3.63) is 88.4 Å². The third-order valence-corrected chi connectivity index (χ3v) is 4.70. The van der Waals surface area contributed by atoms with E-state index < -0.39 is 0 Å². The van der Waals surface area contributed by atoms with Gasteiger partial charge in [-0.25, -0.2) is 0 Å². The molecule has 0 saturated heterocycles. The van der Waals surface area contributed by atoms with E-state index >= 15 is 0 Å². The zero-order valence-electron chi connectivity index (χ0n) is 16.6. The van der Waals surface area contributed by atoms with Crippen LogP contribution in [-0.4, -0.2) is 12.5 Å². The van der Waals surface area contributed by atoms with Crippen LogP contribution < -0.4 is 14.8 Å². The van der Waals surface area contributed by atoms with E-state index in [1.165, 1.54) is 5.56 Å². The second-order valence-electron chi connectivity index (χ2n) is 6.50. The van der Waals surface area contributed by atoms with E-state index in [4.69, 9.17) is 21.1 Å². The van der Waals surface area contributed by atoms with Crippen LogP contribution in [0.15, 0.2) is 66.7 Å². The first kappa shape index (κ1) is 20.7. The molecule has 29 heavy (non-hydrogen) atoms. The third-order valence-electron chi connectivity index (χ3n) is 4.45. The van der Waals surface area contributed by atoms with Gasteiger partial charge in [0.25, 0.3) is 5.91 Å². The lowest BCUT2D eigenvalue weighted by atomic mass is 10.1. The summed E-state index contributed by atoms with van der Waals surface area (Å²) in [6.07, 6.45) is 0.962. The largest absolute Gasteiger partial charge is 0.493 e. The fraction of sp³-hybridized carbons (Fsp3) is 0.208. The van der Waals surface area contributed by atoms with Crippen molar-refractivity contribution in [3.63, 3.8) is 0 Å². The van der Waals surface area contributed by atoms with Crippen LogP contribution in [0.25, 0.3) is 0 Å². The molecule has 3 aromatic carbocycles. The number of hydrogen-bond donors (Lipinski definition) is 1. The summed E-state index contributed by atoms with van der Waals surface area (Å²) < 4.78 is 11.5. The maximum atomic E-state index is 12.7. The van der Waals surface area contributed by atoms with Crippen molar-refractivity contribution in [3.8, 4) is 11.5 Å². The van der Waals surface area contributed by atoms with Gasteiger partial charge < -0.3 is 14.8 Å². The number of hydrogen-bond acceptors (Lipinski definition) is 3. The minimum Gasteiger partial charge on any atom is -0.493 e. The van der Waals surface area contributed by atoms with Crippen LogP contribution in [0.1, 0.15) is 35.3 Å². The van der Waals surface area contributed by atoms with Crippen molar-refractivity contribution in [1.29, 1.82) is 0 Å². The summed E-state index contributed by atoms with van der Waals surface area (Å²) in [5, 5.41) is 3.58. The van der Waals surface area contributed by atoms with Crippen LogP contribution in [0.4, 0.5) is 5.69 Å². The van der Waals surface area contributed by atoms with Gasteiger partial charge in [-0.05, 0) is 73.5 Å². The van der Waals surface area contributed by atoms with Crippen LogP contribution in [-0.2, 0) is 13.0 Å². The molecule has 1 N–H and O–H groups in total. The number of carbonyl (C=O) groups excluding carboxylic acids is 1. The number of halogens is 1. The van der Waals surface area contributed by atoms with Crippen molar-refractivity contribution in [1.82, 2.24) is 0 Å². The number of anilines is 1. The van der Waals surface area contributed by atoms with E-state index in [1.807, 2.05) is 31.2 Å². The Bertz CT molecular complexity index is 953. The summed E-state index contributed by atoms with van der Waals surface area (Å²) in [6, 6.07) is 20.4. The minimum absolute atomic E-state index is 0.176. The Morgan fingerprint density at radius 3 is 2.31 bits per heavy atom. The van der Waals surface area contributed by atoms with E-state index in [0.29, 0.717) is 28.7 Å². The van der Waals surface area contributed by atoms with Gasteiger partial charge in [-0.3, -0.25) is 4.79 Å². The predicted molar refractivity (Wildman–Crippen MR) is 117 cm³/mol. The smallest absolute Gasteiger partial charge is 0.255 e. The number of ether oxygens (including phenoxy) is 2. The first-order chi connectivity index (χ1) is 14.1. The SMILES string of the molecule is CCOc1ccc(C(=O)Nc2ccc(CC)cc2)cc1COc1ccc(Cl)cc1. The van der Waals surface area contributed by atoms with Crippen LogP contribution in [0, 0.1) is 0 Å². The van der Waals surface area contributed by atoms with Crippen molar-refractivity contribution in [2.24, 2.45) is 0 Å². The van der Waals surface area contributed by atoms with Crippen molar-refractivity contribution < 1.29 is 14.3 Å². The lowest BCUT2D eigenvalue weighted by Gasteiger charge is -2.14. The summed E-state index contributed by atoms with van der Waals surface area (Å²) in [6.45, 7) is 4.83. The molecule has 4 nitrogen and oxygen atoms in total. The summed E-state index contributed by atoms with van der Waals surface area (Å²) in [4.78, 5) is 12.7. The number of benzene rings is 3. The van der Waals surface area contributed by atoms with Gasteiger partial charge in [0.2, 0.25) is 0 Å². The molecule has 5 heteroatoms. The molecule has 0 atom stereocenters. The highest BCUT2D eigenvalue weighted by Gasteiger charge is 2.12. The van der Waals surface area contributed by atoms with Gasteiger partial charge in [-0.15, -0.1) is 0 Å². The lowest BCUT2D eigenvalue weighted by Crippen LogP contribution is -2.13. The molecule has 3 rings (SSSR count). The average Bonchev–Trinajstić information content (AvgIpc) is 2.75. The first-order valence-corrected chi connectivity index (χ1v) is 10.0. The van der Waals surface area contributed by atoms with Crippen LogP contribution in [0.5, 0.6) is 11.5 Å². The van der Waals surface area contributed by atoms with Crippen molar-refractivity contribution in [2.75, 3.05) is 11.9 Å². The Labute approximate surface area is 176 Å². The quantitative estimate of drug-likeness (QED) is 0.486. The summed E-state index contributed by atoms with van der Waals surface area (Å²) in [5.74, 6) is 1.22. The van der Waals surface area contributed by atoms with E-state index in [9.17, 15) is 4.79 Å². The normalized spacial score (nSPS) is 10.4. The Hall–Kier alpha value is -2.98. The van der Waals surface area contributed by atoms with Gasteiger partial charge in [0.05, 0.1) is 6.61 Å². The molecule has 0 aliphatic heterocycles. The molecular weight excluding hydrogens is 386 g/mol. The predicted octanol–water partition coefficient (Wildman–Crippen LogP) is 6.13. The van der Waals surface area contributed by atoms with E-state index in [0.717, 1.165) is 17.7 Å². The molecule has 0 spiro atoms. The van der Waals surface area contributed by atoms with Gasteiger partial charge in [0.1, 0.15) is 18.1 Å². The Kier molecular flexibility index (Phi) is 7.14. The first-order valence-electron chi connectivity index (χ1n) is 9.63. The zero-order chi connectivity index (χ0) is 20.6. The van der Waals surface area contributed by atoms with Gasteiger partial charge in [0, 0.05) is 21.8 Å². The minimum atomic E-state index is -0.176. The molecule has 0 radical (unpaired) electrons. The highest BCUT2D eigenvalue weighted by Crippen LogP contribution is 2.24. The standard InChI is InChI=1S/C24H24ClNO3/c1-3-17-5-10-21(11-6-17)26-24(27)18-7-14-23(28-4-2)19(15-18)16-29-22-12-8-20(25)9-13-22/h5-15H,3-4,16H2,1-2H3,(H,26,27). The second-order valence-corrected chi connectivity index (χ2v) is 6.94. The van der Waals surface area contributed by atoms with Crippen molar-refractivity contribution in [2.45, 2.75) is 26.9 Å². The molecule has 0 fully saturated rings. The summed E-state index contributed by atoms with van der Waals surface area (Å²) >= 11 is 5.91. The molecule has 0 bridgehead atoms. The molecule has 0 heterocycles. The van der Waals surface area contributed by atoms with Gasteiger partial charge in [-0.1, -0.05) is 30.7 Å². The molecule has 1 amide bonds. The third kappa shape index (κ3) is 5.75. The number of nitrogens with one attached hydrogen (secondary N) is 1. The number of aryl methyl sites for hydroxylation is 1. The average molecular weight is 410 g/mol. The summed E-state index contributed by atoms with van der Waals surface area (Å²) in [5.41, 5.74) is 3.34. The van der Waals surface area contributed by atoms with Gasteiger partial charge >= 0.3 is 0 Å². The second kappa shape index (κ2) is 9.99. The van der Waals surface area contributed by atoms with Crippen LogP contribution in [0.2, 0.25) is 5.02 Å². The molecule has 0 aromatic heterocycles. The number of carbonyl (C=O) groups is 1. The Morgan fingerprint density at radius 2 is 1.66 bits per heavy atom. The maximum absolute atomic E-state index is 12.7. The zero-order valence-corrected chi connectivity index (χ0v) is 17.3. The van der Waals surface area contributed by atoms with Gasteiger partial charge in [0.15, 0.2) is 0 Å².